The number of nitrogens with zero attached hydrogens (tertiary/aromatic N) is 7. The van der Waals surface area contributed by atoms with E-state index in [2.05, 4.69) is 30.8 Å². The molecule has 14 heteroatoms. The van der Waals surface area contributed by atoms with Crippen LogP contribution in [0.1, 0.15) is 36.6 Å². The summed E-state index contributed by atoms with van der Waals surface area (Å²) >= 11 is 6.55. The number of carbonyl (C=O) groups is 1. The van der Waals surface area contributed by atoms with E-state index in [9.17, 15) is 9.59 Å². The molecule has 2 N–H and O–H groups in total. The van der Waals surface area contributed by atoms with Crippen molar-refractivity contribution < 1.29 is 14.3 Å². The van der Waals surface area contributed by atoms with Crippen molar-refractivity contribution in [2.75, 3.05) is 25.1 Å². The van der Waals surface area contributed by atoms with E-state index in [-0.39, 0.29) is 23.4 Å². The lowest BCUT2D eigenvalue weighted by atomic mass is 10.1. The number of ether oxygens (including phenoxy) is 2. The topological polar surface area (TPSA) is 155 Å². The molecule has 3 aromatic heterocycles. The number of halogens is 1. The van der Waals surface area contributed by atoms with Crippen molar-refractivity contribution >= 4 is 23.4 Å². The number of nitrogens with one attached hydrogen (secondary N) is 2. The van der Waals surface area contributed by atoms with E-state index >= 15 is 0 Å². The van der Waals surface area contributed by atoms with E-state index in [0.717, 1.165) is 22.4 Å². The predicted molar refractivity (Wildman–Crippen MR) is 158 cm³/mol. The summed E-state index contributed by atoms with van der Waals surface area (Å²) in [4.78, 5) is 38.2. The zero-order chi connectivity index (χ0) is 29.9. The van der Waals surface area contributed by atoms with Gasteiger partial charge in [0.05, 0.1) is 29.7 Å². The largest absolute Gasteiger partial charge is 0.447 e. The van der Waals surface area contributed by atoms with Gasteiger partial charge in [0.1, 0.15) is 24.6 Å². The molecule has 0 radical (unpaired) electrons. The molecule has 0 saturated carbocycles. The smallest absolute Gasteiger partial charge is 0.411 e. The van der Waals surface area contributed by atoms with Crippen LogP contribution in [0.4, 0.5) is 10.5 Å². The lowest BCUT2D eigenvalue weighted by Gasteiger charge is -2.14. The zero-order valence-electron chi connectivity index (χ0n) is 23.5. The number of rotatable bonds is 9. The Morgan fingerprint density at radius 2 is 1.98 bits per heavy atom. The van der Waals surface area contributed by atoms with Crippen LogP contribution in [0.2, 0.25) is 5.15 Å². The van der Waals surface area contributed by atoms with Gasteiger partial charge in [0.2, 0.25) is 0 Å². The maximum absolute atomic E-state index is 13.5. The number of H-pyrrole nitrogens is 1. The van der Waals surface area contributed by atoms with Gasteiger partial charge in [0.15, 0.2) is 5.15 Å². The number of amides is 1. The van der Waals surface area contributed by atoms with Crippen LogP contribution in [0.5, 0.6) is 0 Å². The molecule has 0 unspecified atom stereocenters. The molecule has 6 rings (SSSR count). The highest BCUT2D eigenvalue weighted by atomic mass is 35.5. The first-order valence-corrected chi connectivity index (χ1v) is 14.1. The molecule has 2 aromatic carbocycles. The van der Waals surface area contributed by atoms with Crippen LogP contribution < -0.4 is 10.9 Å². The average molecular weight is 602 g/mol. The number of aromatic amines is 1. The number of imidazole rings is 1. The predicted octanol–water partition coefficient (Wildman–Crippen LogP) is 4.36. The Morgan fingerprint density at radius 1 is 1.14 bits per heavy atom. The second kappa shape index (κ2) is 12.2. The molecule has 0 saturated heterocycles. The zero-order valence-corrected chi connectivity index (χ0v) is 24.2. The summed E-state index contributed by atoms with van der Waals surface area (Å²) < 4.78 is 13.5. The summed E-state index contributed by atoms with van der Waals surface area (Å²) in [7, 11) is 0. The van der Waals surface area contributed by atoms with Crippen molar-refractivity contribution in [2.24, 2.45) is 0 Å². The van der Waals surface area contributed by atoms with Crippen molar-refractivity contribution in [1.82, 2.24) is 39.7 Å². The summed E-state index contributed by atoms with van der Waals surface area (Å²) in [6.07, 6.45) is 2.17. The standard InChI is InChI=1S/C29H28ClN9O4/c1-3-42-12-13-43-29(41)32-19-7-5-18(6-8-19)26-27(30)35-28(34-26)23-10-11-24-33-21(15-25(40)39(23)24)20-14-17(2)4-9-22(20)38-16-31-36-37-38/h4-9,14-16,23H,3,10-13H2,1-2H3,(H,32,41)(H,34,35)/t23-/m0/s1. The van der Waals surface area contributed by atoms with E-state index in [1.54, 1.807) is 21.4 Å². The summed E-state index contributed by atoms with van der Waals surface area (Å²) in [5.74, 6) is 1.23. The number of tetrazole rings is 1. The lowest BCUT2D eigenvalue weighted by molar-refractivity contribution is 0.0850. The van der Waals surface area contributed by atoms with E-state index < -0.39 is 6.09 Å². The van der Waals surface area contributed by atoms with Gasteiger partial charge < -0.3 is 14.5 Å². The second-order valence-corrected chi connectivity index (χ2v) is 10.3. The number of hydrogen-bond donors (Lipinski definition) is 2. The molecular formula is C29H28ClN9O4. The van der Waals surface area contributed by atoms with Crippen molar-refractivity contribution in [3.05, 3.63) is 87.6 Å². The number of hydrogen-bond acceptors (Lipinski definition) is 9. The minimum atomic E-state index is -0.564. The van der Waals surface area contributed by atoms with Crippen molar-refractivity contribution in [2.45, 2.75) is 32.7 Å². The Balaban J connectivity index is 1.23. The summed E-state index contributed by atoms with van der Waals surface area (Å²) in [6, 6.07) is 14.1. The second-order valence-electron chi connectivity index (χ2n) is 9.92. The first-order valence-electron chi connectivity index (χ1n) is 13.8. The normalized spacial score (nSPS) is 14.1. The Morgan fingerprint density at radius 3 is 2.74 bits per heavy atom. The van der Waals surface area contributed by atoms with Gasteiger partial charge in [-0.15, -0.1) is 5.10 Å². The SMILES string of the molecule is CCOCCOC(=O)Nc1ccc(-c2[nH]c([C@@H]3CCc4nc(-c5cc(C)ccc5-n5cnnn5)cc(=O)n43)nc2Cl)cc1. The molecular weight excluding hydrogens is 574 g/mol. The number of aryl methyl sites for hydroxylation is 2. The Bertz CT molecular complexity index is 1820. The van der Waals surface area contributed by atoms with Crippen LogP contribution in [0.15, 0.2) is 59.7 Å². The lowest BCUT2D eigenvalue weighted by Crippen LogP contribution is -2.25. The van der Waals surface area contributed by atoms with Crippen molar-refractivity contribution in [3.8, 4) is 28.2 Å². The van der Waals surface area contributed by atoms with Gasteiger partial charge in [-0.3, -0.25) is 14.7 Å². The fourth-order valence-corrected chi connectivity index (χ4v) is 5.34. The van der Waals surface area contributed by atoms with Crippen molar-refractivity contribution in [3.63, 3.8) is 0 Å². The van der Waals surface area contributed by atoms with Crippen molar-refractivity contribution in [1.29, 1.82) is 0 Å². The third-order valence-electron chi connectivity index (χ3n) is 7.08. The molecule has 220 valence electrons. The van der Waals surface area contributed by atoms with Crippen LogP contribution in [-0.4, -0.2) is 65.6 Å². The molecule has 4 heterocycles. The minimum absolute atomic E-state index is 0.169. The first kappa shape index (κ1) is 28.2. The van der Waals surface area contributed by atoms with Gasteiger partial charge in [-0.1, -0.05) is 35.4 Å². The van der Waals surface area contributed by atoms with Gasteiger partial charge in [0, 0.05) is 35.9 Å². The summed E-state index contributed by atoms with van der Waals surface area (Å²) in [5.41, 5.74) is 4.81. The Labute approximate surface area is 250 Å². The number of fused-ring (bicyclic) bond motifs is 1. The number of carbonyl (C=O) groups excluding carboxylic acids is 1. The molecule has 0 bridgehead atoms. The maximum Gasteiger partial charge on any atom is 0.411 e. The summed E-state index contributed by atoms with van der Waals surface area (Å²) in [5, 5.41) is 14.4. The highest BCUT2D eigenvalue weighted by Gasteiger charge is 2.30. The van der Waals surface area contributed by atoms with E-state index in [1.807, 2.05) is 44.2 Å². The van der Waals surface area contributed by atoms with E-state index in [4.69, 9.17) is 26.1 Å². The third kappa shape index (κ3) is 5.90. The van der Waals surface area contributed by atoms with Gasteiger partial charge in [-0.25, -0.2) is 14.8 Å². The van der Waals surface area contributed by atoms with E-state index in [1.165, 1.54) is 12.4 Å². The average Bonchev–Trinajstić information content (AvgIpc) is 3.76. The van der Waals surface area contributed by atoms with Crippen LogP contribution in [0.25, 0.3) is 28.2 Å². The van der Waals surface area contributed by atoms with E-state index in [0.29, 0.717) is 54.8 Å². The molecule has 1 aliphatic heterocycles. The third-order valence-corrected chi connectivity index (χ3v) is 7.35. The first-order chi connectivity index (χ1) is 20.9. The van der Waals surface area contributed by atoms with Crippen LogP contribution >= 0.6 is 11.6 Å². The summed E-state index contributed by atoms with van der Waals surface area (Å²) in [6.45, 7) is 4.92. The molecule has 1 atom stereocenters. The molecule has 1 aliphatic rings. The monoisotopic (exact) mass is 601 g/mol. The fraction of sp³-hybridized carbons (Fsp3) is 0.276. The molecule has 5 aromatic rings. The molecule has 1 amide bonds. The molecule has 0 aliphatic carbocycles. The van der Waals surface area contributed by atoms with Crippen LogP contribution in [0, 0.1) is 6.92 Å². The highest BCUT2D eigenvalue weighted by molar-refractivity contribution is 6.31. The quantitative estimate of drug-likeness (QED) is 0.234. The highest BCUT2D eigenvalue weighted by Crippen LogP contribution is 2.34. The Hall–Kier alpha value is -4.88. The Kier molecular flexibility index (Phi) is 7.99. The maximum atomic E-state index is 13.5. The van der Waals surface area contributed by atoms with Gasteiger partial charge in [0.25, 0.3) is 5.56 Å². The van der Waals surface area contributed by atoms with Crippen LogP contribution in [0.3, 0.4) is 0 Å². The van der Waals surface area contributed by atoms with Gasteiger partial charge in [-0.2, -0.15) is 4.68 Å². The molecule has 43 heavy (non-hydrogen) atoms. The van der Waals surface area contributed by atoms with Gasteiger partial charge >= 0.3 is 6.09 Å². The number of aromatic nitrogens is 8. The fourth-order valence-electron chi connectivity index (χ4n) is 5.10. The minimum Gasteiger partial charge on any atom is -0.447 e. The van der Waals surface area contributed by atoms with Crippen LogP contribution in [-0.2, 0) is 15.9 Å². The molecule has 0 fully saturated rings. The van der Waals surface area contributed by atoms with Gasteiger partial charge in [-0.05, 0) is 55.0 Å². The molecule has 13 nitrogen and oxygen atoms in total. The number of benzene rings is 2. The number of anilines is 1. The molecule has 0 spiro atoms.